The second-order valence-electron chi connectivity index (χ2n) is 4.74. The van der Waals surface area contributed by atoms with Gasteiger partial charge in [-0.05, 0) is 38.4 Å². The Balaban J connectivity index is 2.13. The van der Waals surface area contributed by atoms with E-state index < -0.39 is 0 Å². The quantitative estimate of drug-likeness (QED) is 0.818. The van der Waals surface area contributed by atoms with Gasteiger partial charge in [0.15, 0.2) is 0 Å². The van der Waals surface area contributed by atoms with E-state index in [1.54, 1.807) is 0 Å². The summed E-state index contributed by atoms with van der Waals surface area (Å²) in [6.07, 6.45) is 5.14. The van der Waals surface area contributed by atoms with Crippen LogP contribution in [0.2, 0.25) is 0 Å². The van der Waals surface area contributed by atoms with E-state index in [-0.39, 0.29) is 0 Å². The summed E-state index contributed by atoms with van der Waals surface area (Å²) >= 11 is 0. The number of nitrogens with zero attached hydrogens (tertiary/aromatic N) is 2. The van der Waals surface area contributed by atoms with E-state index in [9.17, 15) is 0 Å². The second kappa shape index (κ2) is 5.83. The fourth-order valence-electron chi connectivity index (χ4n) is 2.07. The maximum Gasteiger partial charge on any atom is 0.0995 e. The SMILES string of the molecule is CCCNCc1cn(-c2ccc(C)cc2C)cn1. The minimum absolute atomic E-state index is 0.839. The van der Waals surface area contributed by atoms with E-state index >= 15 is 0 Å². The highest BCUT2D eigenvalue weighted by Crippen LogP contribution is 2.15. The van der Waals surface area contributed by atoms with Crippen LogP contribution in [-0.2, 0) is 6.54 Å². The Morgan fingerprint density at radius 2 is 2.11 bits per heavy atom. The lowest BCUT2D eigenvalue weighted by molar-refractivity contribution is 0.666. The number of aryl methyl sites for hydroxylation is 2. The summed E-state index contributed by atoms with van der Waals surface area (Å²) < 4.78 is 2.09. The highest BCUT2D eigenvalue weighted by molar-refractivity contribution is 5.42. The van der Waals surface area contributed by atoms with Crippen molar-refractivity contribution in [1.82, 2.24) is 14.9 Å². The molecule has 18 heavy (non-hydrogen) atoms. The fourth-order valence-corrected chi connectivity index (χ4v) is 2.07. The van der Waals surface area contributed by atoms with E-state index in [0.717, 1.165) is 25.2 Å². The van der Waals surface area contributed by atoms with E-state index in [0.29, 0.717) is 0 Å². The van der Waals surface area contributed by atoms with Crippen molar-refractivity contribution in [2.75, 3.05) is 6.54 Å². The van der Waals surface area contributed by atoms with Crippen LogP contribution in [0.15, 0.2) is 30.7 Å². The number of rotatable bonds is 5. The van der Waals surface area contributed by atoms with Crippen molar-refractivity contribution in [3.63, 3.8) is 0 Å². The van der Waals surface area contributed by atoms with Crippen molar-refractivity contribution in [2.24, 2.45) is 0 Å². The van der Waals surface area contributed by atoms with Gasteiger partial charge < -0.3 is 9.88 Å². The number of aromatic nitrogens is 2. The van der Waals surface area contributed by atoms with Gasteiger partial charge >= 0.3 is 0 Å². The Bertz CT molecular complexity index is 514. The molecule has 0 spiro atoms. The minimum Gasteiger partial charge on any atom is -0.311 e. The van der Waals surface area contributed by atoms with Gasteiger partial charge in [0.05, 0.1) is 12.0 Å². The number of nitrogens with one attached hydrogen (secondary N) is 1. The van der Waals surface area contributed by atoms with Crippen LogP contribution >= 0.6 is 0 Å². The summed E-state index contributed by atoms with van der Waals surface area (Å²) in [7, 11) is 0. The molecule has 0 aliphatic carbocycles. The van der Waals surface area contributed by atoms with Crippen LogP contribution in [0, 0.1) is 13.8 Å². The van der Waals surface area contributed by atoms with E-state index in [1.807, 2.05) is 6.33 Å². The molecule has 1 aromatic carbocycles. The lowest BCUT2D eigenvalue weighted by Crippen LogP contribution is -2.13. The standard InChI is InChI=1S/C15H21N3/c1-4-7-16-9-14-10-18(11-17-14)15-6-5-12(2)8-13(15)3/h5-6,8,10-11,16H,4,7,9H2,1-3H3. The topological polar surface area (TPSA) is 29.9 Å². The summed E-state index contributed by atoms with van der Waals surface area (Å²) in [5.74, 6) is 0. The Kier molecular flexibility index (Phi) is 4.15. The highest BCUT2D eigenvalue weighted by Gasteiger charge is 2.03. The van der Waals surface area contributed by atoms with Crippen molar-refractivity contribution in [3.05, 3.63) is 47.5 Å². The molecule has 0 amide bonds. The normalized spacial score (nSPS) is 10.8. The molecule has 1 N–H and O–H groups in total. The average Bonchev–Trinajstić information content (AvgIpc) is 2.78. The van der Waals surface area contributed by atoms with Gasteiger partial charge in [0.1, 0.15) is 0 Å². The molecule has 3 heteroatoms. The first-order valence-corrected chi connectivity index (χ1v) is 6.52. The molecule has 2 aromatic rings. The molecule has 0 saturated carbocycles. The molecule has 0 saturated heterocycles. The van der Waals surface area contributed by atoms with E-state index in [1.165, 1.54) is 16.8 Å². The van der Waals surface area contributed by atoms with E-state index in [2.05, 4.69) is 60.0 Å². The molecular weight excluding hydrogens is 222 g/mol. The zero-order valence-corrected chi connectivity index (χ0v) is 11.4. The van der Waals surface area contributed by atoms with Gasteiger partial charge in [-0.2, -0.15) is 0 Å². The molecule has 1 heterocycles. The van der Waals surface area contributed by atoms with Crippen LogP contribution in [0.5, 0.6) is 0 Å². The molecule has 0 atom stereocenters. The lowest BCUT2D eigenvalue weighted by atomic mass is 10.1. The molecule has 2 rings (SSSR count). The minimum atomic E-state index is 0.839. The zero-order chi connectivity index (χ0) is 13.0. The maximum atomic E-state index is 4.43. The third-order valence-corrected chi connectivity index (χ3v) is 3.00. The summed E-state index contributed by atoms with van der Waals surface area (Å²) in [4.78, 5) is 4.43. The van der Waals surface area contributed by atoms with Crippen LogP contribution in [0.3, 0.4) is 0 Å². The molecule has 96 valence electrons. The molecule has 0 radical (unpaired) electrons. The van der Waals surface area contributed by atoms with Gasteiger partial charge in [-0.1, -0.05) is 24.6 Å². The Morgan fingerprint density at radius 3 is 2.83 bits per heavy atom. The zero-order valence-electron chi connectivity index (χ0n) is 11.4. The van der Waals surface area contributed by atoms with E-state index in [4.69, 9.17) is 0 Å². The number of hydrogen-bond donors (Lipinski definition) is 1. The first-order chi connectivity index (χ1) is 8.70. The summed E-state index contributed by atoms with van der Waals surface area (Å²) in [6.45, 7) is 8.30. The third-order valence-electron chi connectivity index (χ3n) is 3.00. The molecule has 0 aliphatic rings. The Labute approximate surface area is 109 Å². The van der Waals surface area contributed by atoms with Gasteiger partial charge in [0, 0.05) is 18.4 Å². The molecule has 0 aliphatic heterocycles. The van der Waals surface area contributed by atoms with Crippen LogP contribution < -0.4 is 5.32 Å². The van der Waals surface area contributed by atoms with Gasteiger partial charge in [-0.15, -0.1) is 0 Å². The molecule has 0 bridgehead atoms. The van der Waals surface area contributed by atoms with Crippen LogP contribution in [0.1, 0.15) is 30.2 Å². The van der Waals surface area contributed by atoms with Crippen molar-refractivity contribution < 1.29 is 0 Å². The van der Waals surface area contributed by atoms with Gasteiger partial charge in [0.2, 0.25) is 0 Å². The first-order valence-electron chi connectivity index (χ1n) is 6.52. The lowest BCUT2D eigenvalue weighted by Gasteiger charge is -2.07. The number of benzene rings is 1. The monoisotopic (exact) mass is 243 g/mol. The fraction of sp³-hybridized carbons (Fsp3) is 0.400. The maximum absolute atomic E-state index is 4.43. The van der Waals surface area contributed by atoms with Crippen LogP contribution in [0.25, 0.3) is 5.69 Å². The van der Waals surface area contributed by atoms with Gasteiger partial charge in [-0.3, -0.25) is 0 Å². The van der Waals surface area contributed by atoms with Crippen molar-refractivity contribution in [3.8, 4) is 5.69 Å². The average molecular weight is 243 g/mol. The first kappa shape index (κ1) is 12.8. The van der Waals surface area contributed by atoms with Gasteiger partial charge in [0.25, 0.3) is 0 Å². The summed E-state index contributed by atoms with van der Waals surface area (Å²) in [6, 6.07) is 6.48. The largest absolute Gasteiger partial charge is 0.311 e. The molecule has 3 nitrogen and oxygen atoms in total. The van der Waals surface area contributed by atoms with Crippen LogP contribution in [0.4, 0.5) is 0 Å². The van der Waals surface area contributed by atoms with Gasteiger partial charge in [-0.25, -0.2) is 4.98 Å². The third kappa shape index (κ3) is 2.99. The molecule has 1 aromatic heterocycles. The second-order valence-corrected chi connectivity index (χ2v) is 4.74. The summed E-state index contributed by atoms with van der Waals surface area (Å²) in [5.41, 5.74) is 4.86. The molecule has 0 fully saturated rings. The molecular formula is C15H21N3. The smallest absolute Gasteiger partial charge is 0.0995 e. The predicted molar refractivity (Wildman–Crippen MR) is 75.0 cm³/mol. The highest BCUT2D eigenvalue weighted by atomic mass is 15.1. The summed E-state index contributed by atoms with van der Waals surface area (Å²) in [5, 5.41) is 3.36. The molecule has 0 unspecified atom stereocenters. The number of imidazole rings is 1. The Hall–Kier alpha value is -1.61. The van der Waals surface area contributed by atoms with Crippen molar-refractivity contribution in [2.45, 2.75) is 33.7 Å². The Morgan fingerprint density at radius 1 is 1.28 bits per heavy atom. The predicted octanol–water partition coefficient (Wildman–Crippen LogP) is 2.99. The van der Waals surface area contributed by atoms with Crippen molar-refractivity contribution in [1.29, 1.82) is 0 Å². The van der Waals surface area contributed by atoms with Crippen molar-refractivity contribution >= 4 is 0 Å². The number of hydrogen-bond acceptors (Lipinski definition) is 2. The van der Waals surface area contributed by atoms with Crippen LogP contribution in [-0.4, -0.2) is 16.1 Å².